The Balaban J connectivity index is 1.82. The van der Waals surface area contributed by atoms with Crippen LogP contribution in [0.2, 0.25) is 0 Å². The van der Waals surface area contributed by atoms with Crippen molar-refractivity contribution in [3.05, 3.63) is 35.7 Å². The number of hydrogen-bond donors (Lipinski definition) is 1. The van der Waals surface area contributed by atoms with Crippen LogP contribution in [0.25, 0.3) is 11.4 Å². The molecule has 0 spiro atoms. The van der Waals surface area contributed by atoms with Crippen molar-refractivity contribution in [3.63, 3.8) is 0 Å². The summed E-state index contributed by atoms with van der Waals surface area (Å²) in [5, 5.41) is 7.42. The van der Waals surface area contributed by atoms with Gasteiger partial charge in [0.15, 0.2) is 0 Å². The first-order valence-electron chi connectivity index (χ1n) is 6.53. The topological polar surface area (TPSA) is 51.0 Å². The predicted molar refractivity (Wildman–Crippen MR) is 69.1 cm³/mol. The monoisotopic (exact) mass is 243 g/mol. The van der Waals surface area contributed by atoms with E-state index >= 15 is 0 Å². The van der Waals surface area contributed by atoms with E-state index in [2.05, 4.69) is 46.6 Å². The van der Waals surface area contributed by atoms with Crippen LogP contribution in [0, 0.1) is 0 Å². The fourth-order valence-electron chi connectivity index (χ4n) is 2.28. The molecule has 0 bridgehead atoms. The second-order valence-corrected chi connectivity index (χ2v) is 4.66. The maximum atomic E-state index is 5.34. The Morgan fingerprint density at radius 3 is 2.83 bits per heavy atom. The number of nitrogens with zero attached hydrogens (tertiary/aromatic N) is 2. The summed E-state index contributed by atoms with van der Waals surface area (Å²) in [5.74, 6) is 1.39. The lowest BCUT2D eigenvalue weighted by atomic mass is 10.1. The molecule has 1 N–H and O–H groups in total. The highest BCUT2D eigenvalue weighted by atomic mass is 16.5. The Kier molecular flexibility index (Phi) is 3.11. The first-order valence-corrected chi connectivity index (χ1v) is 6.53. The lowest BCUT2D eigenvalue weighted by molar-refractivity contribution is 0.345. The van der Waals surface area contributed by atoms with E-state index in [0.717, 1.165) is 24.9 Å². The smallest absolute Gasteiger partial charge is 0.244 e. The molecule has 1 aliphatic heterocycles. The zero-order valence-corrected chi connectivity index (χ0v) is 10.5. The van der Waals surface area contributed by atoms with Gasteiger partial charge in [-0.1, -0.05) is 36.3 Å². The van der Waals surface area contributed by atoms with Gasteiger partial charge in [-0.3, -0.25) is 0 Å². The lowest BCUT2D eigenvalue weighted by Crippen LogP contribution is -2.12. The van der Waals surface area contributed by atoms with Crippen LogP contribution >= 0.6 is 0 Å². The largest absolute Gasteiger partial charge is 0.337 e. The van der Waals surface area contributed by atoms with Gasteiger partial charge in [-0.2, -0.15) is 4.98 Å². The Morgan fingerprint density at radius 2 is 2.17 bits per heavy atom. The summed E-state index contributed by atoms with van der Waals surface area (Å²) in [7, 11) is 0. The van der Waals surface area contributed by atoms with Gasteiger partial charge in [0.25, 0.3) is 0 Å². The minimum Gasteiger partial charge on any atom is -0.337 e. The van der Waals surface area contributed by atoms with Gasteiger partial charge < -0.3 is 9.84 Å². The van der Waals surface area contributed by atoms with Crippen molar-refractivity contribution in [2.45, 2.75) is 32.2 Å². The average Bonchev–Trinajstić information content (AvgIpc) is 3.09. The summed E-state index contributed by atoms with van der Waals surface area (Å²) in [6, 6.07) is 8.56. The molecule has 2 heterocycles. The number of aromatic nitrogens is 2. The summed E-state index contributed by atoms with van der Waals surface area (Å²) in [4.78, 5) is 4.48. The van der Waals surface area contributed by atoms with Crippen LogP contribution in [-0.2, 0) is 6.42 Å². The normalized spacial score (nSPS) is 19.3. The molecule has 1 aliphatic rings. The SMILES string of the molecule is CCc1ccc(-c2noc([C@@H]3CCCN3)n2)cc1. The molecule has 1 saturated heterocycles. The third-order valence-electron chi connectivity index (χ3n) is 3.42. The number of hydrogen-bond acceptors (Lipinski definition) is 4. The Labute approximate surface area is 106 Å². The van der Waals surface area contributed by atoms with Gasteiger partial charge in [-0.05, 0) is 31.4 Å². The molecular formula is C14H17N3O. The summed E-state index contributed by atoms with van der Waals surface area (Å²) in [5.41, 5.74) is 2.33. The third-order valence-corrected chi connectivity index (χ3v) is 3.42. The number of rotatable bonds is 3. The van der Waals surface area contributed by atoms with E-state index in [1.165, 1.54) is 12.0 Å². The van der Waals surface area contributed by atoms with Crippen molar-refractivity contribution in [2.75, 3.05) is 6.54 Å². The van der Waals surface area contributed by atoms with E-state index in [1.807, 2.05) is 0 Å². The van der Waals surface area contributed by atoms with E-state index in [9.17, 15) is 0 Å². The van der Waals surface area contributed by atoms with Gasteiger partial charge >= 0.3 is 0 Å². The molecule has 0 radical (unpaired) electrons. The Hall–Kier alpha value is -1.68. The van der Waals surface area contributed by atoms with Gasteiger partial charge in [0.05, 0.1) is 6.04 Å². The van der Waals surface area contributed by atoms with Crippen molar-refractivity contribution in [1.82, 2.24) is 15.5 Å². The molecule has 1 aromatic heterocycles. The van der Waals surface area contributed by atoms with Gasteiger partial charge in [-0.15, -0.1) is 0 Å². The highest BCUT2D eigenvalue weighted by Crippen LogP contribution is 2.24. The predicted octanol–water partition coefficient (Wildman–Crippen LogP) is 2.72. The van der Waals surface area contributed by atoms with Crippen LogP contribution in [0.15, 0.2) is 28.8 Å². The molecular weight excluding hydrogens is 226 g/mol. The maximum absolute atomic E-state index is 5.34. The lowest BCUT2D eigenvalue weighted by Gasteiger charge is -2.01. The summed E-state index contributed by atoms with van der Waals surface area (Å²) < 4.78 is 5.34. The molecule has 1 atom stereocenters. The van der Waals surface area contributed by atoms with Crippen LogP contribution in [0.4, 0.5) is 0 Å². The first kappa shape index (κ1) is 11.4. The molecule has 3 rings (SSSR count). The van der Waals surface area contributed by atoms with Crippen molar-refractivity contribution in [1.29, 1.82) is 0 Å². The number of benzene rings is 1. The molecule has 1 fully saturated rings. The fourth-order valence-corrected chi connectivity index (χ4v) is 2.28. The highest BCUT2D eigenvalue weighted by Gasteiger charge is 2.22. The molecule has 4 heteroatoms. The van der Waals surface area contributed by atoms with Crippen molar-refractivity contribution >= 4 is 0 Å². The van der Waals surface area contributed by atoms with Crippen LogP contribution in [-0.4, -0.2) is 16.7 Å². The summed E-state index contributed by atoms with van der Waals surface area (Å²) >= 11 is 0. The maximum Gasteiger partial charge on any atom is 0.244 e. The van der Waals surface area contributed by atoms with Crippen LogP contribution in [0.5, 0.6) is 0 Å². The molecule has 0 aliphatic carbocycles. The van der Waals surface area contributed by atoms with Crippen molar-refractivity contribution < 1.29 is 4.52 Å². The minimum absolute atomic E-state index is 0.237. The van der Waals surface area contributed by atoms with E-state index in [4.69, 9.17) is 4.52 Å². The Morgan fingerprint density at radius 1 is 1.33 bits per heavy atom. The molecule has 4 nitrogen and oxygen atoms in total. The molecule has 94 valence electrons. The summed E-state index contributed by atoms with van der Waals surface area (Å²) in [6.07, 6.45) is 3.30. The van der Waals surface area contributed by atoms with E-state index in [0.29, 0.717) is 11.7 Å². The zero-order chi connectivity index (χ0) is 12.4. The number of aryl methyl sites for hydroxylation is 1. The molecule has 0 unspecified atom stereocenters. The van der Waals surface area contributed by atoms with Gasteiger partial charge in [0, 0.05) is 5.56 Å². The highest BCUT2D eigenvalue weighted by molar-refractivity contribution is 5.54. The molecule has 2 aromatic rings. The van der Waals surface area contributed by atoms with Gasteiger partial charge in [-0.25, -0.2) is 0 Å². The molecule has 0 amide bonds. The van der Waals surface area contributed by atoms with Gasteiger partial charge in [0.1, 0.15) is 0 Å². The number of nitrogens with one attached hydrogen (secondary N) is 1. The van der Waals surface area contributed by atoms with Gasteiger partial charge in [0.2, 0.25) is 11.7 Å². The minimum atomic E-state index is 0.237. The average molecular weight is 243 g/mol. The fraction of sp³-hybridized carbons (Fsp3) is 0.429. The quantitative estimate of drug-likeness (QED) is 0.900. The molecule has 1 aromatic carbocycles. The second kappa shape index (κ2) is 4.90. The summed E-state index contributed by atoms with van der Waals surface area (Å²) in [6.45, 7) is 3.18. The molecule has 0 saturated carbocycles. The van der Waals surface area contributed by atoms with E-state index in [1.54, 1.807) is 0 Å². The standard InChI is InChI=1S/C14H17N3O/c1-2-10-5-7-11(8-6-10)13-16-14(18-17-13)12-4-3-9-15-12/h5-8,12,15H,2-4,9H2,1H3/t12-/m0/s1. The van der Waals surface area contributed by atoms with E-state index < -0.39 is 0 Å². The van der Waals surface area contributed by atoms with Crippen molar-refractivity contribution in [3.8, 4) is 11.4 Å². The van der Waals surface area contributed by atoms with E-state index in [-0.39, 0.29) is 6.04 Å². The zero-order valence-electron chi connectivity index (χ0n) is 10.5. The van der Waals surface area contributed by atoms with Crippen LogP contribution in [0.3, 0.4) is 0 Å². The second-order valence-electron chi connectivity index (χ2n) is 4.66. The van der Waals surface area contributed by atoms with Crippen LogP contribution < -0.4 is 5.32 Å². The Bertz CT molecular complexity index is 512. The third kappa shape index (κ3) is 2.16. The van der Waals surface area contributed by atoms with Crippen LogP contribution in [0.1, 0.15) is 37.3 Å². The first-order chi connectivity index (χ1) is 8.86. The van der Waals surface area contributed by atoms with Crippen molar-refractivity contribution in [2.24, 2.45) is 0 Å². The molecule has 18 heavy (non-hydrogen) atoms.